The normalized spacial score (nSPS) is 14.8. The zero-order valence-electron chi connectivity index (χ0n) is 10.7. The molecule has 0 bridgehead atoms. The smallest absolute Gasteiger partial charge is 0.0568 e. The molecule has 0 fully saturated rings. The minimum absolute atomic E-state index is 0.153. The summed E-state index contributed by atoms with van der Waals surface area (Å²) in [6.45, 7) is 6.45. The van der Waals surface area contributed by atoms with Gasteiger partial charge in [-0.05, 0) is 43.2 Å². The van der Waals surface area contributed by atoms with Gasteiger partial charge in [0.2, 0.25) is 0 Å². The van der Waals surface area contributed by atoms with Gasteiger partial charge in [-0.2, -0.15) is 0 Å². The lowest BCUT2D eigenvalue weighted by Gasteiger charge is -2.18. The van der Waals surface area contributed by atoms with Crippen LogP contribution in [0.4, 0.5) is 0 Å². The number of aryl methyl sites for hydroxylation is 2. The minimum atomic E-state index is -0.153. The zero-order chi connectivity index (χ0) is 12.0. The molecule has 0 aliphatic rings. The summed E-state index contributed by atoms with van der Waals surface area (Å²) in [5.74, 6) is 0.425. The molecule has 0 heterocycles. The van der Waals surface area contributed by atoms with Gasteiger partial charge in [-0.25, -0.2) is 0 Å². The summed E-state index contributed by atoms with van der Waals surface area (Å²) < 4.78 is 0. The standard InChI is InChI=1S/C15H24O/c1-4-7-13(3)15(16)11-10-14-9-6-5-8-12(14)2/h5-6,8-9,13,15-16H,4,7,10-11H2,1-3H3. The Hall–Kier alpha value is -0.820. The first-order valence-corrected chi connectivity index (χ1v) is 6.37. The molecule has 1 aromatic rings. The topological polar surface area (TPSA) is 20.2 Å². The molecule has 2 unspecified atom stereocenters. The summed E-state index contributed by atoms with van der Waals surface area (Å²) in [6.07, 6.45) is 3.99. The van der Waals surface area contributed by atoms with Crippen LogP contribution in [0.2, 0.25) is 0 Å². The molecule has 0 radical (unpaired) electrons. The molecule has 1 heteroatoms. The van der Waals surface area contributed by atoms with Gasteiger partial charge in [0.25, 0.3) is 0 Å². The molecule has 0 aliphatic heterocycles. The van der Waals surface area contributed by atoms with Crippen molar-refractivity contribution >= 4 is 0 Å². The number of benzene rings is 1. The van der Waals surface area contributed by atoms with Gasteiger partial charge in [0.1, 0.15) is 0 Å². The highest BCUT2D eigenvalue weighted by Gasteiger charge is 2.13. The van der Waals surface area contributed by atoms with E-state index in [0.29, 0.717) is 5.92 Å². The van der Waals surface area contributed by atoms with Crippen molar-refractivity contribution in [1.29, 1.82) is 0 Å². The van der Waals surface area contributed by atoms with E-state index in [9.17, 15) is 5.11 Å². The summed E-state index contributed by atoms with van der Waals surface area (Å²) in [5.41, 5.74) is 2.70. The maximum Gasteiger partial charge on any atom is 0.0568 e. The molecule has 1 nitrogen and oxygen atoms in total. The van der Waals surface area contributed by atoms with E-state index < -0.39 is 0 Å². The molecule has 1 aromatic carbocycles. The third-order valence-corrected chi connectivity index (χ3v) is 3.37. The number of rotatable bonds is 6. The molecule has 0 spiro atoms. The Labute approximate surface area is 99.5 Å². The molecule has 2 atom stereocenters. The van der Waals surface area contributed by atoms with Gasteiger partial charge in [-0.3, -0.25) is 0 Å². The monoisotopic (exact) mass is 220 g/mol. The van der Waals surface area contributed by atoms with Crippen molar-refractivity contribution in [1.82, 2.24) is 0 Å². The van der Waals surface area contributed by atoms with Crippen LogP contribution in [0.15, 0.2) is 24.3 Å². The SMILES string of the molecule is CCCC(C)C(O)CCc1ccccc1C. The van der Waals surface area contributed by atoms with Crippen molar-refractivity contribution in [3.8, 4) is 0 Å². The van der Waals surface area contributed by atoms with Crippen molar-refractivity contribution in [3.63, 3.8) is 0 Å². The lowest BCUT2D eigenvalue weighted by Crippen LogP contribution is -2.18. The molecule has 16 heavy (non-hydrogen) atoms. The minimum Gasteiger partial charge on any atom is -0.393 e. The van der Waals surface area contributed by atoms with Gasteiger partial charge in [0, 0.05) is 0 Å². The average Bonchev–Trinajstić information content (AvgIpc) is 2.28. The van der Waals surface area contributed by atoms with Crippen molar-refractivity contribution in [3.05, 3.63) is 35.4 Å². The van der Waals surface area contributed by atoms with Crippen LogP contribution >= 0.6 is 0 Å². The second-order valence-electron chi connectivity index (χ2n) is 4.80. The molecule has 0 aromatic heterocycles. The molecular formula is C15H24O. The lowest BCUT2D eigenvalue weighted by molar-refractivity contribution is 0.103. The van der Waals surface area contributed by atoms with Gasteiger partial charge in [-0.15, -0.1) is 0 Å². The van der Waals surface area contributed by atoms with Gasteiger partial charge in [-0.1, -0.05) is 44.5 Å². The zero-order valence-corrected chi connectivity index (χ0v) is 10.7. The summed E-state index contributed by atoms with van der Waals surface area (Å²) in [5, 5.41) is 10.0. The summed E-state index contributed by atoms with van der Waals surface area (Å²) in [6, 6.07) is 8.43. The number of hydrogen-bond acceptors (Lipinski definition) is 1. The molecular weight excluding hydrogens is 196 g/mol. The number of aliphatic hydroxyl groups excluding tert-OH is 1. The summed E-state index contributed by atoms with van der Waals surface area (Å²) in [7, 11) is 0. The summed E-state index contributed by atoms with van der Waals surface area (Å²) in [4.78, 5) is 0. The number of aliphatic hydroxyl groups is 1. The second-order valence-corrected chi connectivity index (χ2v) is 4.80. The maximum absolute atomic E-state index is 10.0. The van der Waals surface area contributed by atoms with Gasteiger partial charge in [0.15, 0.2) is 0 Å². The second kappa shape index (κ2) is 6.70. The van der Waals surface area contributed by atoms with Crippen LogP contribution in [0.3, 0.4) is 0 Å². The fourth-order valence-electron chi connectivity index (χ4n) is 2.13. The van der Waals surface area contributed by atoms with Gasteiger partial charge < -0.3 is 5.11 Å². The third kappa shape index (κ3) is 3.97. The Kier molecular flexibility index (Phi) is 5.54. The molecule has 0 aliphatic carbocycles. The molecule has 90 valence electrons. The van der Waals surface area contributed by atoms with Crippen molar-refractivity contribution in [2.75, 3.05) is 0 Å². The maximum atomic E-state index is 10.0. The Morgan fingerprint density at radius 3 is 2.50 bits per heavy atom. The van der Waals surface area contributed by atoms with E-state index in [0.717, 1.165) is 25.7 Å². The van der Waals surface area contributed by atoms with E-state index >= 15 is 0 Å². The Balaban J connectivity index is 2.42. The van der Waals surface area contributed by atoms with E-state index in [-0.39, 0.29) is 6.10 Å². The largest absolute Gasteiger partial charge is 0.393 e. The van der Waals surface area contributed by atoms with Crippen LogP contribution in [-0.4, -0.2) is 11.2 Å². The fraction of sp³-hybridized carbons (Fsp3) is 0.600. The predicted octanol–water partition coefficient (Wildman–Crippen LogP) is 3.72. The fourth-order valence-corrected chi connectivity index (χ4v) is 2.13. The molecule has 0 saturated heterocycles. The summed E-state index contributed by atoms with van der Waals surface area (Å²) >= 11 is 0. The van der Waals surface area contributed by atoms with Gasteiger partial charge >= 0.3 is 0 Å². The van der Waals surface area contributed by atoms with Crippen LogP contribution in [0.1, 0.15) is 44.2 Å². The van der Waals surface area contributed by atoms with Crippen LogP contribution in [0.25, 0.3) is 0 Å². The molecule has 1 N–H and O–H groups in total. The first-order chi connectivity index (χ1) is 7.65. The third-order valence-electron chi connectivity index (χ3n) is 3.37. The first-order valence-electron chi connectivity index (χ1n) is 6.37. The molecule has 0 amide bonds. The van der Waals surface area contributed by atoms with Crippen LogP contribution in [0.5, 0.6) is 0 Å². The van der Waals surface area contributed by atoms with E-state index in [1.165, 1.54) is 11.1 Å². The highest BCUT2D eigenvalue weighted by Crippen LogP contribution is 2.17. The Morgan fingerprint density at radius 1 is 1.19 bits per heavy atom. The van der Waals surface area contributed by atoms with E-state index in [4.69, 9.17) is 0 Å². The van der Waals surface area contributed by atoms with Crippen LogP contribution in [-0.2, 0) is 6.42 Å². The van der Waals surface area contributed by atoms with E-state index in [2.05, 4.69) is 45.0 Å². The molecule has 1 rings (SSSR count). The van der Waals surface area contributed by atoms with Crippen LogP contribution < -0.4 is 0 Å². The van der Waals surface area contributed by atoms with Crippen LogP contribution in [0, 0.1) is 12.8 Å². The van der Waals surface area contributed by atoms with E-state index in [1.54, 1.807) is 0 Å². The predicted molar refractivity (Wildman–Crippen MR) is 69.6 cm³/mol. The Morgan fingerprint density at radius 2 is 1.88 bits per heavy atom. The average molecular weight is 220 g/mol. The van der Waals surface area contributed by atoms with Crippen molar-refractivity contribution < 1.29 is 5.11 Å². The lowest BCUT2D eigenvalue weighted by atomic mass is 9.93. The van der Waals surface area contributed by atoms with Gasteiger partial charge in [0.05, 0.1) is 6.10 Å². The molecule has 0 saturated carbocycles. The van der Waals surface area contributed by atoms with Crippen molar-refractivity contribution in [2.24, 2.45) is 5.92 Å². The first kappa shape index (κ1) is 13.2. The number of hydrogen-bond donors (Lipinski definition) is 1. The highest BCUT2D eigenvalue weighted by molar-refractivity contribution is 5.25. The van der Waals surface area contributed by atoms with Crippen molar-refractivity contribution in [2.45, 2.75) is 52.6 Å². The highest BCUT2D eigenvalue weighted by atomic mass is 16.3. The van der Waals surface area contributed by atoms with E-state index in [1.807, 2.05) is 0 Å². The quantitative estimate of drug-likeness (QED) is 0.774. The Bertz CT molecular complexity index is 306.